The molecule has 1 aromatic carbocycles. The Balaban J connectivity index is 3.20. The van der Waals surface area contributed by atoms with Crippen LogP contribution in [0.1, 0.15) is 17.3 Å². The van der Waals surface area contributed by atoms with E-state index in [0.717, 1.165) is 16.9 Å². The van der Waals surface area contributed by atoms with E-state index in [9.17, 15) is 0 Å². The van der Waals surface area contributed by atoms with Crippen LogP contribution in [0.2, 0.25) is 0 Å². The number of halogens is 1. The first-order chi connectivity index (χ1) is 6.19. The molecule has 0 heterocycles. The van der Waals surface area contributed by atoms with Crippen molar-refractivity contribution in [2.24, 2.45) is 9.98 Å². The molecule has 0 radical (unpaired) electrons. The van der Waals surface area contributed by atoms with E-state index >= 15 is 0 Å². The molecule has 0 fully saturated rings. The van der Waals surface area contributed by atoms with Gasteiger partial charge in [0.1, 0.15) is 0 Å². The molecule has 0 aromatic heterocycles. The second-order valence-corrected chi connectivity index (χ2v) is 4.05. The van der Waals surface area contributed by atoms with E-state index in [1.807, 2.05) is 18.2 Å². The largest absolute Gasteiger partial charge is 0.262 e. The van der Waals surface area contributed by atoms with E-state index in [1.54, 1.807) is 0 Å². The molecule has 13 heavy (non-hydrogen) atoms. The van der Waals surface area contributed by atoms with Crippen LogP contribution in [0.5, 0.6) is 0 Å². The molecule has 2 nitrogen and oxygen atoms in total. The average Bonchev–Trinajstić information content (AvgIpc) is 2.16. The Bertz CT molecular complexity index is 332. The molecule has 0 aliphatic carbocycles. The lowest BCUT2D eigenvalue weighted by atomic mass is 10.1. The normalized spacial score (nSPS) is 12.2. The number of benzene rings is 1. The van der Waals surface area contributed by atoms with E-state index in [1.165, 1.54) is 0 Å². The van der Waals surface area contributed by atoms with Crippen molar-refractivity contribution in [3.05, 3.63) is 23.8 Å². The predicted octanol–water partition coefficient (Wildman–Crippen LogP) is 3.81. The Kier molecular flexibility index (Phi) is 3.37. The van der Waals surface area contributed by atoms with E-state index in [0.29, 0.717) is 4.83 Å². The van der Waals surface area contributed by atoms with Gasteiger partial charge < -0.3 is 0 Å². The van der Waals surface area contributed by atoms with Crippen LogP contribution >= 0.6 is 15.9 Å². The van der Waals surface area contributed by atoms with Gasteiger partial charge in [-0.3, -0.25) is 9.98 Å². The second-order valence-electron chi connectivity index (χ2n) is 2.68. The molecule has 0 aliphatic rings. The first-order valence-electron chi connectivity index (χ1n) is 3.90. The van der Waals surface area contributed by atoms with E-state index in [4.69, 9.17) is 0 Å². The number of rotatable bonds is 3. The fourth-order valence-electron chi connectivity index (χ4n) is 1.05. The summed E-state index contributed by atoms with van der Waals surface area (Å²) >= 11 is 3.48. The molecule has 3 heteroatoms. The molecule has 0 bridgehead atoms. The maximum atomic E-state index is 3.88. The van der Waals surface area contributed by atoms with Crippen LogP contribution in [-0.4, -0.2) is 13.4 Å². The molecule has 0 saturated heterocycles. The lowest BCUT2D eigenvalue weighted by molar-refractivity contribution is 1.12. The Morgan fingerprint density at radius 3 is 2.31 bits per heavy atom. The fraction of sp³-hybridized carbons (Fsp3) is 0.200. The molecular formula is C10H11BrN2. The highest BCUT2D eigenvalue weighted by atomic mass is 79.9. The number of hydrogen-bond acceptors (Lipinski definition) is 2. The summed E-state index contributed by atoms with van der Waals surface area (Å²) in [5.41, 5.74) is 2.71. The molecule has 1 rings (SSSR count). The minimum absolute atomic E-state index is 0.312. The highest BCUT2D eigenvalue weighted by Crippen LogP contribution is 2.32. The molecule has 1 atom stereocenters. The van der Waals surface area contributed by atoms with Crippen molar-refractivity contribution in [1.29, 1.82) is 0 Å². The summed E-state index contributed by atoms with van der Waals surface area (Å²) in [7, 11) is 0. The molecule has 1 unspecified atom stereocenters. The van der Waals surface area contributed by atoms with Crippen molar-refractivity contribution in [2.75, 3.05) is 0 Å². The fourth-order valence-corrected chi connectivity index (χ4v) is 1.33. The van der Waals surface area contributed by atoms with Crippen molar-refractivity contribution in [3.63, 3.8) is 0 Å². The molecule has 1 aromatic rings. The third kappa shape index (κ3) is 2.25. The van der Waals surface area contributed by atoms with Gasteiger partial charge in [0.2, 0.25) is 0 Å². The van der Waals surface area contributed by atoms with Gasteiger partial charge in [-0.25, -0.2) is 0 Å². The van der Waals surface area contributed by atoms with Crippen molar-refractivity contribution in [1.82, 2.24) is 0 Å². The Hall–Kier alpha value is -0.960. The summed E-state index contributed by atoms with van der Waals surface area (Å²) in [6.07, 6.45) is 0. The molecule has 68 valence electrons. The average molecular weight is 239 g/mol. The Labute approximate surface area is 86.5 Å². The van der Waals surface area contributed by atoms with Crippen LogP contribution in [0.25, 0.3) is 0 Å². The van der Waals surface area contributed by atoms with Crippen LogP contribution in [0.3, 0.4) is 0 Å². The van der Waals surface area contributed by atoms with Crippen LogP contribution in [-0.2, 0) is 0 Å². The van der Waals surface area contributed by atoms with Crippen molar-refractivity contribution < 1.29 is 0 Å². The number of nitrogens with zero attached hydrogens (tertiary/aromatic N) is 2. The first kappa shape index (κ1) is 10.1. The van der Waals surface area contributed by atoms with Gasteiger partial charge in [0, 0.05) is 4.83 Å². The lowest BCUT2D eigenvalue weighted by Gasteiger charge is -2.06. The molecule has 0 N–H and O–H groups in total. The SMILES string of the molecule is C=Nc1ccc(C(C)Br)cc1N=C. The molecule has 0 aliphatic heterocycles. The van der Waals surface area contributed by atoms with Gasteiger partial charge in [0.05, 0.1) is 11.4 Å². The van der Waals surface area contributed by atoms with E-state index in [-0.39, 0.29) is 0 Å². The first-order valence-corrected chi connectivity index (χ1v) is 4.82. The van der Waals surface area contributed by atoms with Gasteiger partial charge in [-0.1, -0.05) is 22.0 Å². The topological polar surface area (TPSA) is 24.7 Å². The highest BCUT2D eigenvalue weighted by Gasteiger charge is 2.04. The van der Waals surface area contributed by atoms with Gasteiger partial charge in [-0.2, -0.15) is 0 Å². The zero-order valence-corrected chi connectivity index (χ0v) is 9.08. The zero-order valence-electron chi connectivity index (χ0n) is 7.50. The Morgan fingerprint density at radius 1 is 1.23 bits per heavy atom. The predicted molar refractivity (Wildman–Crippen MR) is 62.2 cm³/mol. The Morgan fingerprint density at radius 2 is 1.85 bits per heavy atom. The summed E-state index contributed by atoms with van der Waals surface area (Å²) in [5.74, 6) is 0. The van der Waals surface area contributed by atoms with Crippen LogP contribution in [0.4, 0.5) is 11.4 Å². The summed E-state index contributed by atoms with van der Waals surface area (Å²) < 4.78 is 0. The quantitative estimate of drug-likeness (QED) is 0.566. The number of aliphatic imine (C=N–C) groups is 2. The van der Waals surface area contributed by atoms with Crippen LogP contribution in [0.15, 0.2) is 28.2 Å². The van der Waals surface area contributed by atoms with E-state index < -0.39 is 0 Å². The number of hydrogen-bond donors (Lipinski definition) is 0. The van der Waals surface area contributed by atoms with Gasteiger partial charge in [-0.05, 0) is 38.1 Å². The molecular weight excluding hydrogens is 228 g/mol. The smallest absolute Gasteiger partial charge is 0.0881 e. The van der Waals surface area contributed by atoms with Crippen LogP contribution in [0, 0.1) is 0 Å². The zero-order chi connectivity index (χ0) is 9.84. The van der Waals surface area contributed by atoms with Crippen LogP contribution < -0.4 is 0 Å². The molecule has 0 amide bonds. The van der Waals surface area contributed by atoms with Gasteiger partial charge in [-0.15, -0.1) is 0 Å². The second kappa shape index (κ2) is 4.33. The maximum absolute atomic E-state index is 3.88. The third-order valence-corrected chi connectivity index (χ3v) is 2.33. The highest BCUT2D eigenvalue weighted by molar-refractivity contribution is 9.09. The molecule has 0 saturated carbocycles. The standard InChI is InChI=1S/C10H11BrN2/c1-7(11)8-4-5-9(12-2)10(6-8)13-3/h4-7H,2-3H2,1H3. The summed E-state index contributed by atoms with van der Waals surface area (Å²) in [6, 6.07) is 5.85. The van der Waals surface area contributed by atoms with E-state index in [2.05, 4.69) is 46.3 Å². The minimum Gasteiger partial charge on any atom is -0.262 e. The summed E-state index contributed by atoms with van der Waals surface area (Å²) in [5, 5.41) is 0. The minimum atomic E-state index is 0.312. The lowest BCUT2D eigenvalue weighted by Crippen LogP contribution is -1.82. The van der Waals surface area contributed by atoms with Crippen molar-refractivity contribution in [3.8, 4) is 0 Å². The summed E-state index contributed by atoms with van der Waals surface area (Å²) in [4.78, 5) is 8.03. The number of alkyl halides is 1. The van der Waals surface area contributed by atoms with Gasteiger partial charge >= 0.3 is 0 Å². The monoisotopic (exact) mass is 238 g/mol. The summed E-state index contributed by atoms with van der Waals surface area (Å²) in [6.45, 7) is 9.01. The molecule has 0 spiro atoms. The van der Waals surface area contributed by atoms with Gasteiger partial charge in [0.15, 0.2) is 0 Å². The maximum Gasteiger partial charge on any atom is 0.0881 e. The van der Waals surface area contributed by atoms with Gasteiger partial charge in [0.25, 0.3) is 0 Å². The van der Waals surface area contributed by atoms with Crippen molar-refractivity contribution >= 4 is 40.7 Å². The third-order valence-electron chi connectivity index (χ3n) is 1.80. The van der Waals surface area contributed by atoms with Crippen molar-refractivity contribution in [2.45, 2.75) is 11.8 Å².